The van der Waals surface area contributed by atoms with Gasteiger partial charge < -0.3 is 25.6 Å². The van der Waals surface area contributed by atoms with Gasteiger partial charge in [0, 0.05) is 32.5 Å². The Kier molecular flexibility index (Phi) is 13.0. The third-order valence-corrected chi connectivity index (χ3v) is 5.57. The summed E-state index contributed by atoms with van der Waals surface area (Å²) >= 11 is 0. The summed E-state index contributed by atoms with van der Waals surface area (Å²) in [6.07, 6.45) is 6.18. The van der Waals surface area contributed by atoms with Crippen molar-refractivity contribution in [1.29, 1.82) is 0 Å². The number of nitrogens with one attached hydrogen (secondary N) is 3. The molecule has 7 nitrogen and oxygen atoms in total. The van der Waals surface area contributed by atoms with Crippen LogP contribution in [0.2, 0.25) is 0 Å². The Hall–Kier alpha value is -1.39. The lowest BCUT2D eigenvalue weighted by Gasteiger charge is -2.30. The fraction of sp³-hybridized carbons (Fsp3) is 0.652. The summed E-state index contributed by atoms with van der Waals surface area (Å²) in [5, 5.41) is 9.85. The first-order valence-electron chi connectivity index (χ1n) is 11.0. The van der Waals surface area contributed by atoms with Crippen LogP contribution in [0.15, 0.2) is 29.3 Å². The average Bonchev–Trinajstić information content (AvgIpc) is 3.17. The van der Waals surface area contributed by atoms with Crippen molar-refractivity contribution in [1.82, 2.24) is 15.5 Å². The van der Waals surface area contributed by atoms with Gasteiger partial charge in [0.25, 0.3) is 0 Å². The second-order valence-electron chi connectivity index (χ2n) is 8.48. The van der Waals surface area contributed by atoms with Crippen molar-refractivity contribution in [2.75, 3.05) is 52.8 Å². The number of nitrogens with zero attached hydrogens (tertiary/aromatic N) is 2. The highest BCUT2D eigenvalue weighted by atomic mass is 127. The lowest BCUT2D eigenvalue weighted by atomic mass is 9.83. The first-order valence-corrected chi connectivity index (χ1v) is 11.0. The molecular weight excluding hydrogens is 505 g/mol. The van der Waals surface area contributed by atoms with Crippen LogP contribution in [-0.4, -0.2) is 64.2 Å². The first-order chi connectivity index (χ1) is 14.5. The lowest BCUT2D eigenvalue weighted by Crippen LogP contribution is -2.43. The Morgan fingerprint density at radius 1 is 1.23 bits per heavy atom. The van der Waals surface area contributed by atoms with E-state index in [0.717, 1.165) is 43.3 Å². The van der Waals surface area contributed by atoms with Crippen molar-refractivity contribution in [2.45, 2.75) is 45.6 Å². The minimum Gasteiger partial charge on any atom is -0.385 e. The van der Waals surface area contributed by atoms with Crippen LogP contribution < -0.4 is 16.0 Å². The van der Waals surface area contributed by atoms with E-state index >= 15 is 0 Å². The molecule has 2 rings (SSSR count). The Morgan fingerprint density at radius 2 is 1.97 bits per heavy atom. The van der Waals surface area contributed by atoms with Crippen molar-refractivity contribution in [3.05, 3.63) is 29.8 Å². The molecule has 176 valence electrons. The van der Waals surface area contributed by atoms with Gasteiger partial charge >= 0.3 is 0 Å². The van der Waals surface area contributed by atoms with Crippen molar-refractivity contribution >= 4 is 41.5 Å². The zero-order chi connectivity index (χ0) is 21.8. The Bertz CT molecular complexity index is 690. The van der Waals surface area contributed by atoms with Crippen molar-refractivity contribution in [3.63, 3.8) is 0 Å². The van der Waals surface area contributed by atoms with Crippen LogP contribution >= 0.6 is 24.0 Å². The summed E-state index contributed by atoms with van der Waals surface area (Å²) in [5.41, 5.74) is 2.17. The number of methoxy groups -OCH3 is 1. The lowest BCUT2D eigenvalue weighted by molar-refractivity contribution is -0.116. The summed E-state index contributed by atoms with van der Waals surface area (Å²) < 4.78 is 5.34. The molecule has 0 unspecified atom stereocenters. The van der Waals surface area contributed by atoms with Crippen LogP contribution in [-0.2, 0) is 16.1 Å². The normalized spacial score (nSPS) is 15.5. The second kappa shape index (κ2) is 14.6. The number of carbonyl (C=O) groups excluding carboxylic acids is 1. The summed E-state index contributed by atoms with van der Waals surface area (Å²) in [6.45, 7) is 5.54. The van der Waals surface area contributed by atoms with Gasteiger partial charge in [0.05, 0.1) is 13.1 Å². The van der Waals surface area contributed by atoms with E-state index in [1.807, 2.05) is 43.3 Å². The molecular formula is C23H40IN5O2. The van der Waals surface area contributed by atoms with Crippen LogP contribution in [0.5, 0.6) is 0 Å². The average molecular weight is 546 g/mol. The fourth-order valence-electron chi connectivity index (χ4n) is 3.98. The second-order valence-corrected chi connectivity index (χ2v) is 8.48. The predicted octanol–water partition coefficient (Wildman–Crippen LogP) is 3.46. The molecule has 0 saturated heterocycles. The number of likely N-dealkylation sites (N-methyl/N-ethyl adjacent to an activating group) is 1. The van der Waals surface area contributed by atoms with E-state index in [4.69, 9.17) is 9.73 Å². The molecule has 1 aliphatic carbocycles. The van der Waals surface area contributed by atoms with Gasteiger partial charge in [-0.1, -0.05) is 25.0 Å². The van der Waals surface area contributed by atoms with Crippen LogP contribution in [0.1, 0.15) is 44.6 Å². The van der Waals surface area contributed by atoms with Gasteiger partial charge in [-0.2, -0.15) is 0 Å². The Morgan fingerprint density at radius 3 is 2.61 bits per heavy atom. The number of hydrogen-bond donors (Lipinski definition) is 3. The Labute approximate surface area is 204 Å². The molecule has 0 bridgehead atoms. The molecule has 0 spiro atoms. The summed E-state index contributed by atoms with van der Waals surface area (Å²) in [4.78, 5) is 18.6. The maximum absolute atomic E-state index is 12.0. The standard InChI is InChI=1S/C23H39N5O2.HI/c1-5-24-22(26-18-23(13-14-30-4)11-6-7-12-23)25-16-19-9-8-10-20(15-19)27-21(29)17-28(2)3;/h8-10,15H,5-7,11-14,16-18H2,1-4H3,(H,27,29)(H2,24,25,26);1H. The number of halogens is 1. The van der Waals surface area contributed by atoms with Gasteiger partial charge in [0.2, 0.25) is 5.91 Å². The molecule has 1 fully saturated rings. The number of benzene rings is 1. The maximum Gasteiger partial charge on any atom is 0.238 e. The van der Waals surface area contributed by atoms with Crippen molar-refractivity contribution in [2.24, 2.45) is 10.4 Å². The van der Waals surface area contributed by atoms with E-state index in [1.165, 1.54) is 25.7 Å². The minimum atomic E-state index is -0.0198. The molecule has 1 amide bonds. The van der Waals surface area contributed by atoms with Crippen molar-refractivity contribution in [3.8, 4) is 0 Å². The number of amides is 1. The molecule has 1 aromatic carbocycles. The van der Waals surface area contributed by atoms with Gasteiger partial charge in [-0.15, -0.1) is 24.0 Å². The largest absolute Gasteiger partial charge is 0.385 e. The third-order valence-electron chi connectivity index (χ3n) is 5.57. The third kappa shape index (κ3) is 10.2. The molecule has 31 heavy (non-hydrogen) atoms. The highest BCUT2D eigenvalue weighted by molar-refractivity contribution is 14.0. The smallest absolute Gasteiger partial charge is 0.238 e. The molecule has 1 saturated carbocycles. The van der Waals surface area contributed by atoms with Crippen LogP contribution in [0.4, 0.5) is 5.69 Å². The number of carbonyl (C=O) groups is 1. The van der Waals surface area contributed by atoms with E-state index in [0.29, 0.717) is 18.5 Å². The fourth-order valence-corrected chi connectivity index (χ4v) is 3.98. The molecule has 3 N–H and O–H groups in total. The summed E-state index contributed by atoms with van der Waals surface area (Å²) in [6, 6.07) is 7.88. The van der Waals surface area contributed by atoms with Crippen LogP contribution in [0, 0.1) is 5.41 Å². The molecule has 0 atom stereocenters. The topological polar surface area (TPSA) is 78.0 Å². The first kappa shape index (κ1) is 27.6. The molecule has 0 aromatic heterocycles. The SMILES string of the molecule is CCNC(=NCc1cccc(NC(=O)CN(C)C)c1)NCC1(CCOC)CCCC1.I. The Balaban J connectivity index is 0.00000480. The van der Waals surface area contributed by atoms with E-state index in [9.17, 15) is 4.79 Å². The number of ether oxygens (including phenoxy) is 1. The number of anilines is 1. The van der Waals surface area contributed by atoms with Crippen LogP contribution in [0.25, 0.3) is 0 Å². The van der Waals surface area contributed by atoms with E-state index in [1.54, 1.807) is 7.11 Å². The maximum atomic E-state index is 12.0. The number of rotatable bonds is 11. The van der Waals surface area contributed by atoms with Gasteiger partial charge in [-0.25, -0.2) is 4.99 Å². The van der Waals surface area contributed by atoms with Crippen molar-refractivity contribution < 1.29 is 9.53 Å². The van der Waals surface area contributed by atoms with E-state index in [2.05, 4.69) is 22.9 Å². The molecule has 0 radical (unpaired) electrons. The monoisotopic (exact) mass is 545 g/mol. The minimum absolute atomic E-state index is 0. The van der Waals surface area contributed by atoms with Crippen LogP contribution in [0.3, 0.4) is 0 Å². The highest BCUT2D eigenvalue weighted by Crippen LogP contribution is 2.40. The van der Waals surface area contributed by atoms with Gasteiger partial charge in [-0.05, 0) is 63.4 Å². The zero-order valence-electron chi connectivity index (χ0n) is 19.5. The predicted molar refractivity (Wildman–Crippen MR) is 139 cm³/mol. The van der Waals surface area contributed by atoms with Gasteiger partial charge in [0.1, 0.15) is 0 Å². The molecule has 1 aromatic rings. The van der Waals surface area contributed by atoms with Gasteiger partial charge in [-0.3, -0.25) is 4.79 Å². The number of guanidine groups is 1. The summed E-state index contributed by atoms with van der Waals surface area (Å²) in [7, 11) is 5.54. The number of aliphatic imine (C=N–C) groups is 1. The van der Waals surface area contributed by atoms with Gasteiger partial charge in [0.15, 0.2) is 5.96 Å². The highest BCUT2D eigenvalue weighted by Gasteiger charge is 2.33. The summed E-state index contributed by atoms with van der Waals surface area (Å²) in [5.74, 6) is 0.816. The quantitative estimate of drug-likeness (QED) is 0.226. The molecule has 0 heterocycles. The van der Waals surface area contributed by atoms with E-state index < -0.39 is 0 Å². The molecule has 1 aliphatic rings. The molecule has 8 heteroatoms. The number of hydrogen-bond acceptors (Lipinski definition) is 4. The zero-order valence-corrected chi connectivity index (χ0v) is 21.8. The molecule has 0 aliphatic heterocycles. The van der Waals surface area contributed by atoms with E-state index in [-0.39, 0.29) is 29.9 Å².